The van der Waals surface area contributed by atoms with Crippen LogP contribution in [0.3, 0.4) is 0 Å². The summed E-state index contributed by atoms with van der Waals surface area (Å²) >= 11 is 0. The summed E-state index contributed by atoms with van der Waals surface area (Å²) in [6.07, 6.45) is -4.96. The number of aromatic carboxylic acids is 1. The number of halogens is 3. The molecule has 0 radical (unpaired) electrons. The molecule has 0 amide bonds. The van der Waals surface area contributed by atoms with Gasteiger partial charge in [0.15, 0.2) is 0 Å². The van der Waals surface area contributed by atoms with Gasteiger partial charge in [-0.25, -0.2) is 4.79 Å². The van der Waals surface area contributed by atoms with Gasteiger partial charge < -0.3 is 9.84 Å². The van der Waals surface area contributed by atoms with Crippen molar-refractivity contribution in [1.82, 2.24) is 0 Å². The molecule has 2 aromatic carbocycles. The average molecular weight is 338 g/mol. The van der Waals surface area contributed by atoms with Gasteiger partial charge >= 0.3 is 12.3 Å². The molecule has 0 fully saturated rings. The fraction of sp³-hybridized carbons (Fsp3) is 0.278. The van der Waals surface area contributed by atoms with E-state index in [1.807, 2.05) is 12.1 Å². The van der Waals surface area contributed by atoms with Crippen molar-refractivity contribution in [1.29, 1.82) is 0 Å². The molecule has 0 spiro atoms. The van der Waals surface area contributed by atoms with E-state index in [4.69, 9.17) is 5.11 Å². The van der Waals surface area contributed by atoms with Gasteiger partial charge in [0.05, 0.1) is 0 Å². The fourth-order valence-electron chi connectivity index (χ4n) is 2.25. The van der Waals surface area contributed by atoms with Crippen molar-refractivity contribution in [3.63, 3.8) is 0 Å². The normalized spacial score (nSPS) is 12.1. The Morgan fingerprint density at radius 1 is 0.958 bits per heavy atom. The highest BCUT2D eigenvalue weighted by molar-refractivity contribution is 5.92. The maximum atomic E-state index is 12.5. The Labute approximate surface area is 137 Å². The third kappa shape index (κ3) is 4.28. The molecular weight excluding hydrogens is 321 g/mol. The molecule has 3 nitrogen and oxygen atoms in total. The van der Waals surface area contributed by atoms with Gasteiger partial charge in [0.1, 0.15) is 11.3 Å². The Morgan fingerprint density at radius 2 is 1.50 bits per heavy atom. The molecule has 0 saturated heterocycles. The van der Waals surface area contributed by atoms with Crippen LogP contribution in [0.15, 0.2) is 42.5 Å². The zero-order chi connectivity index (χ0) is 18.1. The van der Waals surface area contributed by atoms with Crippen LogP contribution in [-0.2, 0) is 5.41 Å². The Morgan fingerprint density at radius 3 is 1.96 bits per heavy atom. The van der Waals surface area contributed by atoms with E-state index < -0.39 is 23.6 Å². The molecule has 1 N–H and O–H groups in total. The van der Waals surface area contributed by atoms with Crippen LogP contribution in [0.5, 0.6) is 5.75 Å². The average Bonchev–Trinajstić information content (AvgIpc) is 2.44. The summed E-state index contributed by atoms with van der Waals surface area (Å²) in [5, 5.41) is 9.00. The minimum absolute atomic E-state index is 0.0454. The highest BCUT2D eigenvalue weighted by atomic mass is 19.4. The molecule has 0 heterocycles. The van der Waals surface area contributed by atoms with E-state index in [1.165, 1.54) is 6.07 Å². The number of ether oxygens (including phenoxy) is 1. The lowest BCUT2D eigenvalue weighted by Crippen LogP contribution is -2.19. The van der Waals surface area contributed by atoms with Gasteiger partial charge in [0.25, 0.3) is 0 Å². The number of benzene rings is 2. The van der Waals surface area contributed by atoms with Gasteiger partial charge in [-0.15, -0.1) is 13.2 Å². The molecule has 128 valence electrons. The summed E-state index contributed by atoms with van der Waals surface area (Å²) in [4.78, 5) is 11.1. The smallest absolute Gasteiger partial charge is 0.478 e. The van der Waals surface area contributed by atoms with Crippen LogP contribution < -0.4 is 4.74 Å². The van der Waals surface area contributed by atoms with Crippen LogP contribution in [-0.4, -0.2) is 17.4 Å². The molecule has 0 aromatic heterocycles. The molecule has 0 aliphatic rings. The summed E-state index contributed by atoms with van der Waals surface area (Å²) in [5.41, 5.74) is 1.62. The van der Waals surface area contributed by atoms with E-state index in [1.54, 1.807) is 12.1 Å². The summed E-state index contributed by atoms with van der Waals surface area (Å²) in [7, 11) is 0. The number of carboxylic acid groups (broad SMARTS) is 1. The van der Waals surface area contributed by atoms with Crippen LogP contribution in [0, 0.1) is 0 Å². The van der Waals surface area contributed by atoms with Crippen molar-refractivity contribution in [3.8, 4) is 16.9 Å². The predicted molar refractivity (Wildman–Crippen MR) is 84.2 cm³/mol. The zero-order valence-electron chi connectivity index (χ0n) is 13.4. The lowest BCUT2D eigenvalue weighted by atomic mass is 9.86. The second-order valence-corrected chi connectivity index (χ2v) is 6.39. The molecule has 2 aromatic rings. The molecule has 2 rings (SSSR count). The van der Waals surface area contributed by atoms with Crippen molar-refractivity contribution < 1.29 is 27.8 Å². The van der Waals surface area contributed by atoms with E-state index >= 15 is 0 Å². The SMILES string of the molecule is CC(C)(C)c1ccc(-c2ccc(C(=O)O)c(OC(F)(F)F)c2)cc1. The summed E-state index contributed by atoms with van der Waals surface area (Å²) in [5.74, 6) is -2.21. The number of carbonyl (C=O) groups is 1. The molecule has 0 unspecified atom stereocenters. The first kappa shape index (κ1) is 17.8. The zero-order valence-corrected chi connectivity index (χ0v) is 13.4. The number of alkyl halides is 3. The monoisotopic (exact) mass is 338 g/mol. The number of carboxylic acids is 1. The largest absolute Gasteiger partial charge is 0.573 e. The molecule has 0 saturated carbocycles. The van der Waals surface area contributed by atoms with Crippen LogP contribution in [0.25, 0.3) is 11.1 Å². The fourth-order valence-corrected chi connectivity index (χ4v) is 2.25. The molecule has 0 aliphatic heterocycles. The minimum Gasteiger partial charge on any atom is -0.478 e. The van der Waals surface area contributed by atoms with E-state index in [2.05, 4.69) is 25.5 Å². The lowest BCUT2D eigenvalue weighted by molar-refractivity contribution is -0.274. The Kier molecular flexibility index (Phi) is 4.60. The lowest BCUT2D eigenvalue weighted by Gasteiger charge is -2.19. The van der Waals surface area contributed by atoms with Gasteiger partial charge in [-0.2, -0.15) is 0 Å². The van der Waals surface area contributed by atoms with Crippen LogP contribution in [0.2, 0.25) is 0 Å². The minimum atomic E-state index is -4.96. The van der Waals surface area contributed by atoms with Gasteiger partial charge in [-0.3, -0.25) is 0 Å². The predicted octanol–water partition coefficient (Wildman–Crippen LogP) is 5.25. The van der Waals surface area contributed by atoms with Crippen molar-refractivity contribution in [3.05, 3.63) is 53.6 Å². The van der Waals surface area contributed by atoms with Gasteiger partial charge in [0, 0.05) is 0 Å². The summed E-state index contributed by atoms with van der Waals surface area (Å²) in [6.45, 7) is 6.16. The van der Waals surface area contributed by atoms with Gasteiger partial charge in [-0.1, -0.05) is 51.1 Å². The topological polar surface area (TPSA) is 46.5 Å². The summed E-state index contributed by atoms with van der Waals surface area (Å²) < 4.78 is 41.3. The second kappa shape index (κ2) is 6.19. The highest BCUT2D eigenvalue weighted by Crippen LogP contribution is 2.32. The van der Waals surface area contributed by atoms with Crippen molar-refractivity contribution in [2.75, 3.05) is 0 Å². The molecule has 0 bridgehead atoms. The molecule has 0 aliphatic carbocycles. The van der Waals surface area contributed by atoms with E-state index in [0.29, 0.717) is 11.1 Å². The second-order valence-electron chi connectivity index (χ2n) is 6.39. The number of hydrogen-bond donors (Lipinski definition) is 1. The first-order chi connectivity index (χ1) is 11.0. The van der Waals surface area contributed by atoms with Crippen LogP contribution >= 0.6 is 0 Å². The quantitative estimate of drug-likeness (QED) is 0.831. The van der Waals surface area contributed by atoms with Crippen molar-refractivity contribution in [2.45, 2.75) is 32.5 Å². The van der Waals surface area contributed by atoms with E-state index in [-0.39, 0.29) is 5.41 Å². The number of rotatable bonds is 3. The molecule has 24 heavy (non-hydrogen) atoms. The Bertz CT molecular complexity index is 742. The standard InChI is InChI=1S/C18H17F3O3/c1-17(2,3)13-7-4-11(5-8-13)12-6-9-14(16(22)23)15(10-12)24-18(19,20)21/h4-10H,1-3H3,(H,22,23). The molecule has 6 heteroatoms. The third-order valence-corrected chi connectivity index (χ3v) is 3.52. The maximum absolute atomic E-state index is 12.5. The third-order valence-electron chi connectivity index (χ3n) is 3.52. The van der Waals surface area contributed by atoms with Crippen LogP contribution in [0.1, 0.15) is 36.7 Å². The van der Waals surface area contributed by atoms with Crippen LogP contribution in [0.4, 0.5) is 13.2 Å². The first-order valence-corrected chi connectivity index (χ1v) is 7.21. The maximum Gasteiger partial charge on any atom is 0.573 e. The first-order valence-electron chi connectivity index (χ1n) is 7.21. The Hall–Kier alpha value is -2.50. The summed E-state index contributed by atoms with van der Waals surface area (Å²) in [6, 6.07) is 11.0. The highest BCUT2D eigenvalue weighted by Gasteiger charge is 2.33. The van der Waals surface area contributed by atoms with Crippen molar-refractivity contribution >= 4 is 5.97 Å². The van der Waals surface area contributed by atoms with Crippen molar-refractivity contribution in [2.24, 2.45) is 0 Å². The number of hydrogen-bond acceptors (Lipinski definition) is 2. The van der Waals surface area contributed by atoms with Gasteiger partial charge in [0.2, 0.25) is 0 Å². The Balaban J connectivity index is 2.44. The molecule has 0 atom stereocenters. The molecular formula is C18H17F3O3. The van der Waals surface area contributed by atoms with Gasteiger partial charge in [-0.05, 0) is 34.2 Å². The van der Waals surface area contributed by atoms with E-state index in [0.717, 1.165) is 17.7 Å². The van der Waals surface area contributed by atoms with E-state index in [9.17, 15) is 18.0 Å².